The predicted octanol–water partition coefficient (Wildman–Crippen LogP) is 2.42. The van der Waals surface area contributed by atoms with Crippen molar-refractivity contribution >= 4 is 6.03 Å². The molecule has 1 fully saturated rings. The van der Waals surface area contributed by atoms with Crippen LogP contribution in [0.1, 0.15) is 24.1 Å². The van der Waals surface area contributed by atoms with E-state index in [2.05, 4.69) is 10.4 Å². The second-order valence-electron chi connectivity index (χ2n) is 5.94. The van der Waals surface area contributed by atoms with Crippen LogP contribution in [-0.4, -0.2) is 47.0 Å². The van der Waals surface area contributed by atoms with Crippen molar-refractivity contribution in [2.45, 2.75) is 19.9 Å². The van der Waals surface area contributed by atoms with Gasteiger partial charge in [0.25, 0.3) is 0 Å². The van der Waals surface area contributed by atoms with E-state index in [4.69, 9.17) is 4.74 Å². The molecule has 2 heterocycles. The fourth-order valence-electron chi connectivity index (χ4n) is 2.65. The first-order valence-electron chi connectivity index (χ1n) is 7.99. The monoisotopic (exact) mass is 332 g/mol. The second-order valence-corrected chi connectivity index (χ2v) is 5.94. The molecule has 1 aliphatic rings. The molecule has 0 radical (unpaired) electrons. The Morgan fingerprint density at radius 2 is 2.12 bits per heavy atom. The Balaban J connectivity index is 1.70. The van der Waals surface area contributed by atoms with Crippen LogP contribution in [-0.2, 0) is 4.74 Å². The number of ether oxygens (including phenoxy) is 1. The molecule has 7 heteroatoms. The largest absolute Gasteiger partial charge is 0.378 e. The maximum atomic E-state index is 14.4. The highest BCUT2D eigenvalue weighted by molar-refractivity contribution is 5.74. The van der Waals surface area contributed by atoms with E-state index in [-0.39, 0.29) is 17.9 Å². The molecule has 1 saturated heterocycles. The summed E-state index contributed by atoms with van der Waals surface area (Å²) in [6.07, 6.45) is 3.44. The molecular formula is C17H21FN4O2. The SMILES string of the molecule is Cc1cnn(-c2ccc([C@@H](C)NC(=O)N3CCOCC3)cc2F)c1. The van der Waals surface area contributed by atoms with Gasteiger partial charge in [0, 0.05) is 19.3 Å². The Hall–Kier alpha value is -2.41. The molecule has 128 valence electrons. The molecule has 0 spiro atoms. The van der Waals surface area contributed by atoms with E-state index >= 15 is 0 Å². The lowest BCUT2D eigenvalue weighted by molar-refractivity contribution is 0.0526. The normalized spacial score (nSPS) is 16.0. The van der Waals surface area contributed by atoms with E-state index in [1.54, 1.807) is 29.4 Å². The minimum Gasteiger partial charge on any atom is -0.378 e. The lowest BCUT2D eigenvalue weighted by atomic mass is 10.1. The van der Waals surface area contributed by atoms with Crippen LogP contribution in [0.4, 0.5) is 9.18 Å². The summed E-state index contributed by atoms with van der Waals surface area (Å²) in [4.78, 5) is 13.9. The molecule has 1 aromatic heterocycles. The van der Waals surface area contributed by atoms with Crippen LogP contribution in [0.5, 0.6) is 0 Å². The molecule has 1 aliphatic heterocycles. The molecule has 0 aliphatic carbocycles. The molecular weight excluding hydrogens is 311 g/mol. The molecule has 0 saturated carbocycles. The van der Waals surface area contributed by atoms with Crippen molar-refractivity contribution in [2.75, 3.05) is 26.3 Å². The molecule has 1 aromatic carbocycles. The van der Waals surface area contributed by atoms with Crippen molar-refractivity contribution < 1.29 is 13.9 Å². The number of aryl methyl sites for hydroxylation is 1. The predicted molar refractivity (Wildman–Crippen MR) is 87.6 cm³/mol. The second kappa shape index (κ2) is 7.00. The van der Waals surface area contributed by atoms with Crippen LogP contribution in [0.25, 0.3) is 5.69 Å². The number of morpholine rings is 1. The fourth-order valence-corrected chi connectivity index (χ4v) is 2.65. The van der Waals surface area contributed by atoms with Crippen molar-refractivity contribution in [2.24, 2.45) is 0 Å². The minimum atomic E-state index is -0.372. The van der Waals surface area contributed by atoms with Crippen molar-refractivity contribution in [3.63, 3.8) is 0 Å². The topological polar surface area (TPSA) is 59.4 Å². The first-order valence-corrected chi connectivity index (χ1v) is 7.99. The minimum absolute atomic E-state index is 0.155. The Morgan fingerprint density at radius 3 is 2.75 bits per heavy atom. The standard InChI is InChI=1S/C17H21FN4O2/c1-12-10-19-22(11-12)16-4-3-14(9-15(16)18)13(2)20-17(23)21-5-7-24-8-6-21/h3-4,9-11,13H,5-8H2,1-2H3,(H,20,23)/t13-/m1/s1. The number of benzene rings is 1. The number of rotatable bonds is 3. The summed E-state index contributed by atoms with van der Waals surface area (Å²) in [7, 11) is 0. The van der Waals surface area contributed by atoms with E-state index in [0.29, 0.717) is 37.6 Å². The van der Waals surface area contributed by atoms with E-state index in [0.717, 1.165) is 5.56 Å². The van der Waals surface area contributed by atoms with Gasteiger partial charge in [0.15, 0.2) is 0 Å². The van der Waals surface area contributed by atoms with Crippen LogP contribution in [0.15, 0.2) is 30.6 Å². The summed E-state index contributed by atoms with van der Waals surface area (Å²) >= 11 is 0. The third-order valence-electron chi connectivity index (χ3n) is 4.07. The van der Waals surface area contributed by atoms with Gasteiger partial charge in [0.2, 0.25) is 0 Å². The average Bonchev–Trinajstić information content (AvgIpc) is 3.01. The number of urea groups is 1. The van der Waals surface area contributed by atoms with E-state index in [1.165, 1.54) is 10.7 Å². The fraction of sp³-hybridized carbons (Fsp3) is 0.412. The quantitative estimate of drug-likeness (QED) is 0.939. The molecule has 3 rings (SSSR count). The number of hydrogen-bond acceptors (Lipinski definition) is 3. The van der Waals surface area contributed by atoms with Crippen LogP contribution in [0, 0.1) is 12.7 Å². The molecule has 1 atom stereocenters. The molecule has 6 nitrogen and oxygen atoms in total. The van der Waals surface area contributed by atoms with Crippen LogP contribution in [0.2, 0.25) is 0 Å². The highest BCUT2D eigenvalue weighted by atomic mass is 19.1. The number of nitrogens with zero attached hydrogens (tertiary/aromatic N) is 3. The molecule has 0 bridgehead atoms. The molecule has 1 N–H and O–H groups in total. The average molecular weight is 332 g/mol. The van der Waals surface area contributed by atoms with Gasteiger partial charge in [-0.1, -0.05) is 6.07 Å². The zero-order valence-electron chi connectivity index (χ0n) is 13.8. The van der Waals surface area contributed by atoms with Gasteiger partial charge in [-0.15, -0.1) is 0 Å². The van der Waals surface area contributed by atoms with E-state index in [9.17, 15) is 9.18 Å². The van der Waals surface area contributed by atoms with Crippen molar-refractivity contribution in [1.82, 2.24) is 20.0 Å². The van der Waals surface area contributed by atoms with Crippen molar-refractivity contribution in [3.8, 4) is 5.69 Å². The summed E-state index contributed by atoms with van der Waals surface area (Å²) in [5.41, 5.74) is 2.06. The molecule has 2 amide bonds. The number of carbonyl (C=O) groups excluding carboxylic acids is 1. The van der Waals surface area contributed by atoms with Gasteiger partial charge in [-0.25, -0.2) is 13.9 Å². The van der Waals surface area contributed by atoms with Gasteiger partial charge in [-0.05, 0) is 37.1 Å². The van der Waals surface area contributed by atoms with Crippen LogP contribution >= 0.6 is 0 Å². The van der Waals surface area contributed by atoms with E-state index < -0.39 is 0 Å². The van der Waals surface area contributed by atoms with Crippen molar-refractivity contribution in [3.05, 3.63) is 47.5 Å². The van der Waals surface area contributed by atoms with Crippen LogP contribution < -0.4 is 5.32 Å². The highest BCUT2D eigenvalue weighted by Crippen LogP contribution is 2.20. The number of nitrogens with one attached hydrogen (secondary N) is 1. The van der Waals surface area contributed by atoms with E-state index in [1.807, 2.05) is 13.8 Å². The van der Waals surface area contributed by atoms with Crippen LogP contribution in [0.3, 0.4) is 0 Å². The molecule has 0 unspecified atom stereocenters. The number of hydrogen-bond donors (Lipinski definition) is 1. The Morgan fingerprint density at radius 1 is 1.38 bits per heavy atom. The maximum Gasteiger partial charge on any atom is 0.318 e. The Bertz CT molecular complexity index is 725. The first-order chi connectivity index (χ1) is 11.5. The lowest BCUT2D eigenvalue weighted by Crippen LogP contribution is -2.46. The number of amides is 2. The van der Waals surface area contributed by atoms with Gasteiger partial charge in [0.1, 0.15) is 11.5 Å². The van der Waals surface area contributed by atoms with Gasteiger partial charge < -0.3 is 15.0 Å². The van der Waals surface area contributed by atoms with Gasteiger partial charge in [-0.3, -0.25) is 0 Å². The number of carbonyl (C=O) groups is 1. The van der Waals surface area contributed by atoms with Crippen molar-refractivity contribution in [1.29, 1.82) is 0 Å². The summed E-state index contributed by atoms with van der Waals surface area (Å²) < 4.78 is 21.1. The third-order valence-corrected chi connectivity index (χ3v) is 4.07. The van der Waals surface area contributed by atoms with Gasteiger partial charge >= 0.3 is 6.03 Å². The summed E-state index contributed by atoms with van der Waals surface area (Å²) in [6.45, 7) is 5.99. The molecule has 2 aromatic rings. The zero-order chi connectivity index (χ0) is 17.1. The van der Waals surface area contributed by atoms with Gasteiger partial charge in [0.05, 0.1) is 25.5 Å². The third kappa shape index (κ3) is 3.56. The Kier molecular flexibility index (Phi) is 4.80. The zero-order valence-corrected chi connectivity index (χ0v) is 13.8. The first kappa shape index (κ1) is 16.4. The Labute approximate surface area is 140 Å². The highest BCUT2D eigenvalue weighted by Gasteiger charge is 2.19. The number of aromatic nitrogens is 2. The number of halogens is 1. The smallest absolute Gasteiger partial charge is 0.318 e. The summed E-state index contributed by atoms with van der Waals surface area (Å²) in [5, 5.41) is 7.02. The molecule has 24 heavy (non-hydrogen) atoms. The lowest BCUT2D eigenvalue weighted by Gasteiger charge is -2.28. The van der Waals surface area contributed by atoms with Gasteiger partial charge in [-0.2, -0.15) is 5.10 Å². The maximum absolute atomic E-state index is 14.4. The summed E-state index contributed by atoms with van der Waals surface area (Å²) in [5.74, 6) is -0.372. The summed E-state index contributed by atoms with van der Waals surface area (Å²) in [6, 6.07) is 4.48.